The molecule has 0 aromatic carbocycles. The van der Waals surface area contributed by atoms with Crippen LogP contribution >= 0.6 is 0 Å². The molecule has 0 spiro atoms. The van der Waals surface area contributed by atoms with Crippen LogP contribution < -0.4 is 5.73 Å². The highest BCUT2D eigenvalue weighted by atomic mass is 28.4. The Kier molecular flexibility index (Phi) is 6.53. The number of rotatable bonds is 9. The Labute approximate surface area is 151 Å². The van der Waals surface area contributed by atoms with Gasteiger partial charge in [0.1, 0.15) is 12.4 Å². The molecule has 1 saturated heterocycles. The lowest BCUT2D eigenvalue weighted by Crippen LogP contribution is -2.48. The van der Waals surface area contributed by atoms with Gasteiger partial charge in [-0.05, 0) is 44.0 Å². The van der Waals surface area contributed by atoms with Crippen LogP contribution in [0.25, 0.3) is 0 Å². The van der Waals surface area contributed by atoms with Crippen molar-refractivity contribution in [3.05, 3.63) is 11.6 Å². The minimum Gasteiger partial charge on any atom is -0.411 e. The lowest BCUT2D eigenvalue weighted by atomic mass is 9.91. The van der Waals surface area contributed by atoms with E-state index in [0.717, 1.165) is 6.29 Å². The number of unbranched alkanes of at least 4 members (excludes halogenated alkanes) is 1. The Hall–Kier alpha value is -1.31. The third kappa shape index (κ3) is 4.45. The summed E-state index contributed by atoms with van der Waals surface area (Å²) in [5.74, 6) is -1.24. The number of aldehydes is 1. The van der Waals surface area contributed by atoms with Gasteiger partial charge in [0.05, 0.1) is 6.10 Å². The van der Waals surface area contributed by atoms with Crippen molar-refractivity contribution in [1.82, 2.24) is 0 Å². The molecule has 0 bridgehead atoms. The molecule has 0 aromatic heterocycles. The highest BCUT2D eigenvalue weighted by molar-refractivity contribution is 6.74. The van der Waals surface area contributed by atoms with Gasteiger partial charge in [0.2, 0.25) is 11.4 Å². The zero-order chi connectivity index (χ0) is 19.6. The number of Topliss-reactive ketones (excluding diaryl/α,β-unsaturated/α-hetero) is 1. The average molecular weight is 370 g/mol. The van der Waals surface area contributed by atoms with E-state index in [1.165, 1.54) is 0 Å². The molecule has 0 aromatic rings. The first-order valence-electron chi connectivity index (χ1n) is 8.62. The molecule has 1 heterocycles. The number of primary amides is 1. The molecule has 0 aliphatic carbocycles. The Morgan fingerprint density at radius 3 is 2.32 bits per heavy atom. The number of ketones is 1. The van der Waals surface area contributed by atoms with Crippen LogP contribution in [0.15, 0.2) is 11.6 Å². The van der Waals surface area contributed by atoms with E-state index in [1.54, 1.807) is 13.0 Å². The van der Waals surface area contributed by atoms with E-state index < -0.39 is 37.8 Å². The van der Waals surface area contributed by atoms with Gasteiger partial charge in [0.15, 0.2) is 8.32 Å². The minimum absolute atomic E-state index is 0.000190. The maximum Gasteiger partial charge on any atom is 0.260 e. The summed E-state index contributed by atoms with van der Waals surface area (Å²) in [4.78, 5) is 35.1. The van der Waals surface area contributed by atoms with Gasteiger partial charge in [-0.2, -0.15) is 0 Å². The predicted molar refractivity (Wildman–Crippen MR) is 98.6 cm³/mol. The van der Waals surface area contributed by atoms with Crippen molar-refractivity contribution in [1.29, 1.82) is 0 Å². The Morgan fingerprint density at radius 1 is 1.32 bits per heavy atom. The summed E-state index contributed by atoms with van der Waals surface area (Å²) >= 11 is 0. The molecule has 1 fully saturated rings. The van der Waals surface area contributed by atoms with Crippen LogP contribution in [0.1, 0.15) is 47.5 Å². The first kappa shape index (κ1) is 21.7. The number of carbonyl (C=O) groups is 3. The van der Waals surface area contributed by atoms with Crippen LogP contribution in [0.2, 0.25) is 18.1 Å². The van der Waals surface area contributed by atoms with Crippen LogP contribution in [0.5, 0.6) is 0 Å². The quantitative estimate of drug-likeness (QED) is 0.168. The maximum absolute atomic E-state index is 12.7. The number of hydrogen-bond acceptors (Lipinski definition) is 5. The van der Waals surface area contributed by atoms with Crippen LogP contribution in [0.4, 0.5) is 0 Å². The number of amides is 1. The number of epoxide rings is 1. The van der Waals surface area contributed by atoms with Crippen molar-refractivity contribution >= 4 is 26.3 Å². The van der Waals surface area contributed by atoms with Crippen molar-refractivity contribution < 1.29 is 23.5 Å². The highest BCUT2D eigenvalue weighted by Gasteiger charge is 2.69. The predicted octanol–water partition coefficient (Wildman–Crippen LogP) is 2.51. The number of nitrogens with two attached hydrogens (primary N) is 1. The molecule has 0 saturated carbocycles. The van der Waals surface area contributed by atoms with Gasteiger partial charge in [-0.3, -0.25) is 9.59 Å². The summed E-state index contributed by atoms with van der Waals surface area (Å²) < 4.78 is 11.8. The number of carbonyl (C=O) groups excluding carboxylic acids is 3. The zero-order valence-corrected chi connectivity index (χ0v) is 17.3. The molecule has 0 radical (unpaired) electrons. The number of ether oxygens (including phenoxy) is 1. The largest absolute Gasteiger partial charge is 0.411 e. The fourth-order valence-corrected chi connectivity index (χ4v) is 3.95. The van der Waals surface area contributed by atoms with E-state index in [4.69, 9.17) is 14.9 Å². The average Bonchev–Trinajstić information content (AvgIpc) is 3.22. The van der Waals surface area contributed by atoms with Crippen molar-refractivity contribution in [2.24, 2.45) is 5.73 Å². The first-order valence-corrected chi connectivity index (χ1v) is 11.5. The summed E-state index contributed by atoms with van der Waals surface area (Å²) in [5, 5.41) is 0.000190. The van der Waals surface area contributed by atoms with Gasteiger partial charge in [-0.15, -0.1) is 0 Å². The molecule has 3 unspecified atom stereocenters. The molecule has 142 valence electrons. The second-order valence-corrected chi connectivity index (χ2v) is 12.9. The topological polar surface area (TPSA) is 99.0 Å². The van der Waals surface area contributed by atoms with E-state index in [0.29, 0.717) is 18.4 Å². The summed E-state index contributed by atoms with van der Waals surface area (Å²) in [7, 11) is -2.07. The van der Waals surface area contributed by atoms with Crippen molar-refractivity contribution in [3.63, 3.8) is 0 Å². The molecule has 1 amide bonds. The molecule has 25 heavy (non-hydrogen) atoms. The van der Waals surface area contributed by atoms with E-state index >= 15 is 0 Å². The molecule has 7 heteroatoms. The molecule has 3 atom stereocenters. The standard InChI is InChI=1S/C18H31NO5Si/c1-12(10-8-9-11-20)14(21)18(16(19)22)15(23-18)13(2)24-25(6,7)17(3,4)5/h10-11,13,15H,8-9H2,1-7H3,(H2,19,22). The lowest BCUT2D eigenvalue weighted by molar-refractivity contribution is -0.132. The molecule has 1 aliphatic rings. The van der Waals surface area contributed by atoms with E-state index in [2.05, 4.69) is 33.9 Å². The zero-order valence-electron chi connectivity index (χ0n) is 16.3. The second-order valence-electron chi connectivity index (χ2n) is 8.18. The fraction of sp³-hybridized carbons (Fsp3) is 0.722. The van der Waals surface area contributed by atoms with Gasteiger partial charge in [-0.1, -0.05) is 26.8 Å². The molecule has 1 rings (SSSR count). The van der Waals surface area contributed by atoms with Crippen molar-refractivity contribution in [2.45, 2.75) is 83.4 Å². The summed E-state index contributed by atoms with van der Waals surface area (Å²) in [5.41, 5.74) is 4.22. The molecular formula is C18H31NO5Si. The summed E-state index contributed by atoms with van der Waals surface area (Å²) in [6, 6.07) is 0. The number of allylic oxidation sites excluding steroid dienone is 1. The Balaban J connectivity index is 2.94. The van der Waals surface area contributed by atoms with E-state index in [-0.39, 0.29) is 5.04 Å². The third-order valence-electron chi connectivity index (χ3n) is 5.17. The fourth-order valence-electron chi connectivity index (χ4n) is 2.54. The van der Waals surface area contributed by atoms with Crippen molar-refractivity contribution in [2.75, 3.05) is 0 Å². The van der Waals surface area contributed by atoms with Crippen LogP contribution in [-0.4, -0.2) is 44.1 Å². The van der Waals surface area contributed by atoms with Crippen LogP contribution in [0, 0.1) is 0 Å². The molecule has 1 aliphatic heterocycles. The molecule has 6 nitrogen and oxygen atoms in total. The summed E-state index contributed by atoms with van der Waals surface area (Å²) in [6.07, 6.45) is 2.09. The van der Waals surface area contributed by atoms with Gasteiger partial charge < -0.3 is 19.7 Å². The first-order chi connectivity index (χ1) is 11.3. The highest BCUT2D eigenvalue weighted by Crippen LogP contribution is 2.45. The van der Waals surface area contributed by atoms with Crippen LogP contribution in [0.3, 0.4) is 0 Å². The SMILES string of the molecule is CC(=CCCC=O)C(=O)C1(C(N)=O)OC1C(C)O[Si](C)(C)C(C)(C)C. The van der Waals surface area contributed by atoms with Gasteiger partial charge in [0, 0.05) is 6.42 Å². The normalized spacial score (nSPS) is 25.4. The Morgan fingerprint density at radius 2 is 1.88 bits per heavy atom. The van der Waals surface area contributed by atoms with E-state index in [9.17, 15) is 14.4 Å². The van der Waals surface area contributed by atoms with Gasteiger partial charge in [-0.25, -0.2) is 0 Å². The van der Waals surface area contributed by atoms with Crippen molar-refractivity contribution in [3.8, 4) is 0 Å². The third-order valence-corrected chi connectivity index (χ3v) is 9.74. The van der Waals surface area contributed by atoms with E-state index in [1.807, 2.05) is 6.92 Å². The van der Waals surface area contributed by atoms with Gasteiger partial charge in [0.25, 0.3) is 5.91 Å². The van der Waals surface area contributed by atoms with Crippen LogP contribution in [-0.2, 0) is 23.5 Å². The lowest BCUT2D eigenvalue weighted by Gasteiger charge is -2.38. The van der Waals surface area contributed by atoms with Gasteiger partial charge >= 0.3 is 0 Å². The maximum atomic E-state index is 12.7. The molecule has 2 N–H and O–H groups in total. The monoisotopic (exact) mass is 369 g/mol. The second kappa shape index (κ2) is 7.51. The minimum atomic E-state index is -2.07. The summed E-state index contributed by atoms with van der Waals surface area (Å²) in [6.45, 7) is 14.0. The number of hydrogen-bond donors (Lipinski definition) is 1. The molecular weight excluding hydrogens is 338 g/mol. The smallest absolute Gasteiger partial charge is 0.260 e. The Bertz CT molecular complexity index is 579.